The van der Waals surface area contributed by atoms with Crippen LogP contribution in [0.25, 0.3) is 45.0 Å². The lowest BCUT2D eigenvalue weighted by Gasteiger charge is -2.03. The smallest absolute Gasteiger partial charge is 0.175 e. The third kappa shape index (κ3) is 2.51. The Bertz CT molecular complexity index is 1470. The van der Waals surface area contributed by atoms with E-state index in [0.29, 0.717) is 0 Å². The van der Waals surface area contributed by atoms with Crippen LogP contribution in [0.4, 0.5) is 0 Å². The molecule has 0 atom stereocenters. The maximum atomic E-state index is 4.94. The first-order chi connectivity index (χ1) is 14.9. The molecule has 3 aromatic carbocycles. The molecule has 0 saturated carbocycles. The van der Waals surface area contributed by atoms with E-state index in [1.807, 2.05) is 87.9 Å². The van der Waals surface area contributed by atoms with Gasteiger partial charge >= 0.3 is 0 Å². The summed E-state index contributed by atoms with van der Waals surface area (Å²) >= 11 is 0. The largest absolute Gasteiger partial charge is 0.265 e. The van der Waals surface area contributed by atoms with Crippen LogP contribution in [0.5, 0.6) is 0 Å². The second kappa shape index (κ2) is 6.63. The van der Waals surface area contributed by atoms with Crippen LogP contribution in [0.1, 0.15) is 0 Å². The van der Waals surface area contributed by atoms with E-state index in [-0.39, 0.29) is 0 Å². The maximum absolute atomic E-state index is 4.94. The van der Waals surface area contributed by atoms with Crippen molar-refractivity contribution in [2.24, 2.45) is 0 Å². The highest BCUT2D eigenvalue weighted by Gasteiger charge is 2.21. The zero-order valence-electron chi connectivity index (χ0n) is 15.9. The molecule has 0 radical (unpaired) electrons. The highest BCUT2D eigenvalue weighted by molar-refractivity contribution is 6.01. The molecule has 3 aromatic heterocycles. The summed E-state index contributed by atoms with van der Waals surface area (Å²) in [5.74, 6) is 0.756. The van der Waals surface area contributed by atoms with Gasteiger partial charge in [0.25, 0.3) is 0 Å². The van der Waals surface area contributed by atoms with Gasteiger partial charge in [-0.05, 0) is 12.1 Å². The SMILES string of the molecule is c1ccc(-c2nn(-c3ccccc3)c3ncn4c(-c5ccccc5)nnc4c23)cc1. The highest BCUT2D eigenvalue weighted by atomic mass is 15.3. The van der Waals surface area contributed by atoms with Crippen LogP contribution in [0.2, 0.25) is 0 Å². The molecule has 0 aliphatic carbocycles. The first-order valence-corrected chi connectivity index (χ1v) is 9.69. The normalized spacial score (nSPS) is 11.3. The first-order valence-electron chi connectivity index (χ1n) is 9.69. The van der Waals surface area contributed by atoms with Crippen LogP contribution in [-0.4, -0.2) is 29.4 Å². The van der Waals surface area contributed by atoms with Crippen LogP contribution < -0.4 is 0 Å². The van der Waals surface area contributed by atoms with E-state index in [9.17, 15) is 0 Å². The van der Waals surface area contributed by atoms with Crippen molar-refractivity contribution in [1.29, 1.82) is 0 Å². The van der Waals surface area contributed by atoms with Crippen LogP contribution in [0, 0.1) is 0 Å². The second-order valence-electron chi connectivity index (χ2n) is 6.99. The number of nitrogens with zero attached hydrogens (tertiary/aromatic N) is 6. The van der Waals surface area contributed by atoms with Crippen molar-refractivity contribution in [2.75, 3.05) is 0 Å². The lowest BCUT2D eigenvalue weighted by molar-refractivity contribution is 0.897. The molecule has 0 aliphatic rings. The van der Waals surface area contributed by atoms with Gasteiger partial charge in [0.15, 0.2) is 17.1 Å². The van der Waals surface area contributed by atoms with Crippen molar-refractivity contribution < 1.29 is 0 Å². The Kier molecular flexibility index (Phi) is 3.67. The molecular formula is C24H16N6. The number of para-hydroxylation sites is 1. The molecule has 0 spiro atoms. The van der Waals surface area contributed by atoms with Crippen molar-refractivity contribution in [3.63, 3.8) is 0 Å². The molecule has 0 amide bonds. The predicted octanol–water partition coefficient (Wildman–Crippen LogP) is 4.80. The van der Waals surface area contributed by atoms with Gasteiger partial charge in [-0.3, -0.25) is 4.40 Å². The fraction of sp³-hybridized carbons (Fsp3) is 0. The molecule has 6 aromatic rings. The van der Waals surface area contributed by atoms with Gasteiger partial charge in [-0.2, -0.15) is 5.10 Å². The van der Waals surface area contributed by atoms with E-state index < -0.39 is 0 Å². The van der Waals surface area contributed by atoms with E-state index in [1.165, 1.54) is 0 Å². The van der Waals surface area contributed by atoms with Crippen molar-refractivity contribution >= 4 is 16.7 Å². The molecule has 6 heteroatoms. The monoisotopic (exact) mass is 388 g/mol. The van der Waals surface area contributed by atoms with E-state index in [2.05, 4.69) is 22.3 Å². The summed E-state index contributed by atoms with van der Waals surface area (Å²) in [5, 5.41) is 14.8. The van der Waals surface area contributed by atoms with Gasteiger partial charge in [-0.1, -0.05) is 78.9 Å². The zero-order valence-corrected chi connectivity index (χ0v) is 15.9. The molecule has 0 unspecified atom stereocenters. The Morgan fingerprint density at radius 3 is 1.93 bits per heavy atom. The third-order valence-corrected chi connectivity index (χ3v) is 5.16. The van der Waals surface area contributed by atoms with Gasteiger partial charge in [0.05, 0.1) is 11.1 Å². The van der Waals surface area contributed by atoms with E-state index >= 15 is 0 Å². The lowest BCUT2D eigenvalue weighted by Crippen LogP contribution is -1.98. The molecule has 142 valence electrons. The Morgan fingerprint density at radius 2 is 1.23 bits per heavy atom. The zero-order chi connectivity index (χ0) is 19.9. The summed E-state index contributed by atoms with van der Waals surface area (Å²) in [5.41, 5.74) is 5.27. The summed E-state index contributed by atoms with van der Waals surface area (Å²) in [7, 11) is 0. The second-order valence-corrected chi connectivity index (χ2v) is 6.99. The molecule has 0 saturated heterocycles. The number of benzene rings is 3. The summed E-state index contributed by atoms with van der Waals surface area (Å²) in [6, 6.07) is 30.1. The average molecular weight is 388 g/mol. The van der Waals surface area contributed by atoms with Gasteiger partial charge in [0.2, 0.25) is 0 Å². The number of rotatable bonds is 3. The van der Waals surface area contributed by atoms with E-state index in [0.717, 1.165) is 45.0 Å². The fourth-order valence-electron chi connectivity index (χ4n) is 3.75. The van der Waals surface area contributed by atoms with Gasteiger partial charge in [0.1, 0.15) is 12.0 Å². The predicted molar refractivity (Wildman–Crippen MR) is 116 cm³/mol. The fourth-order valence-corrected chi connectivity index (χ4v) is 3.75. The molecule has 0 N–H and O–H groups in total. The van der Waals surface area contributed by atoms with Gasteiger partial charge in [-0.25, -0.2) is 9.67 Å². The summed E-state index contributed by atoms with van der Waals surface area (Å²) in [4.78, 5) is 4.77. The minimum atomic E-state index is 0.736. The molecule has 0 aliphatic heterocycles. The van der Waals surface area contributed by atoms with Crippen molar-refractivity contribution in [3.8, 4) is 28.3 Å². The van der Waals surface area contributed by atoms with Crippen LogP contribution >= 0.6 is 0 Å². The lowest BCUT2D eigenvalue weighted by atomic mass is 10.1. The maximum Gasteiger partial charge on any atom is 0.175 e. The average Bonchev–Trinajstić information content (AvgIpc) is 3.42. The van der Waals surface area contributed by atoms with Gasteiger partial charge < -0.3 is 0 Å². The van der Waals surface area contributed by atoms with Crippen LogP contribution in [0.3, 0.4) is 0 Å². The summed E-state index contributed by atoms with van der Waals surface area (Å²) < 4.78 is 3.80. The summed E-state index contributed by atoms with van der Waals surface area (Å²) in [6.45, 7) is 0. The number of hydrogen-bond acceptors (Lipinski definition) is 4. The molecule has 0 bridgehead atoms. The number of fused-ring (bicyclic) bond motifs is 3. The first kappa shape index (κ1) is 16.6. The van der Waals surface area contributed by atoms with Crippen molar-refractivity contribution in [3.05, 3.63) is 97.3 Å². The van der Waals surface area contributed by atoms with Gasteiger partial charge in [0, 0.05) is 11.1 Å². The number of hydrogen-bond donors (Lipinski definition) is 0. The molecule has 6 nitrogen and oxygen atoms in total. The Hall–Kier alpha value is -4.32. The standard InChI is InChI=1S/C24H16N6/c1-4-10-17(11-5-1)21-20-23(30(28-21)19-14-8-3-9-15-19)25-16-29-22(26-27-24(20)29)18-12-6-2-7-13-18/h1-16H. The Labute approximate surface area is 172 Å². The molecule has 0 fully saturated rings. The molecular weight excluding hydrogens is 372 g/mol. The Balaban J connectivity index is 1.70. The quantitative estimate of drug-likeness (QED) is 0.437. The molecule has 3 heterocycles. The Morgan fingerprint density at radius 1 is 0.600 bits per heavy atom. The summed E-state index contributed by atoms with van der Waals surface area (Å²) in [6.07, 6.45) is 1.77. The van der Waals surface area contributed by atoms with E-state index in [4.69, 9.17) is 10.1 Å². The highest BCUT2D eigenvalue weighted by Crippen LogP contribution is 2.32. The minimum Gasteiger partial charge on any atom is -0.265 e. The van der Waals surface area contributed by atoms with Crippen molar-refractivity contribution in [1.82, 2.24) is 29.4 Å². The topological polar surface area (TPSA) is 60.9 Å². The van der Waals surface area contributed by atoms with Crippen LogP contribution in [-0.2, 0) is 0 Å². The minimum absolute atomic E-state index is 0.736. The third-order valence-electron chi connectivity index (χ3n) is 5.16. The van der Waals surface area contributed by atoms with Gasteiger partial charge in [-0.15, -0.1) is 10.2 Å². The number of aromatic nitrogens is 6. The molecule has 6 rings (SSSR count). The van der Waals surface area contributed by atoms with E-state index in [1.54, 1.807) is 6.33 Å². The van der Waals surface area contributed by atoms with Crippen LogP contribution in [0.15, 0.2) is 97.3 Å². The molecule has 30 heavy (non-hydrogen) atoms. The van der Waals surface area contributed by atoms with Crippen molar-refractivity contribution in [2.45, 2.75) is 0 Å².